The largest absolute Gasteiger partial charge is 0.334 e. The third kappa shape index (κ3) is 3.87. The molecule has 1 aliphatic heterocycles. The van der Waals surface area contributed by atoms with Gasteiger partial charge in [-0.15, -0.1) is 22.7 Å². The Balaban J connectivity index is 1.40. The second kappa shape index (κ2) is 8.71. The minimum Gasteiger partial charge on any atom is -0.334 e. The zero-order valence-electron chi connectivity index (χ0n) is 17.9. The van der Waals surface area contributed by atoms with Crippen molar-refractivity contribution in [2.24, 2.45) is 5.92 Å². The molecule has 8 heteroatoms. The van der Waals surface area contributed by atoms with Crippen LogP contribution in [0.4, 0.5) is 0 Å². The minimum absolute atomic E-state index is 0.0622. The van der Waals surface area contributed by atoms with Gasteiger partial charge < -0.3 is 4.90 Å². The molecule has 2 atom stereocenters. The molecule has 1 aliphatic carbocycles. The second-order valence-electron chi connectivity index (χ2n) is 8.52. The highest BCUT2D eigenvalue weighted by atomic mass is 32.2. The lowest BCUT2D eigenvalue weighted by atomic mass is 9.89. The summed E-state index contributed by atoms with van der Waals surface area (Å²) in [4.78, 5) is 36.7. The van der Waals surface area contributed by atoms with Crippen LogP contribution in [-0.2, 0) is 24.2 Å². The molecule has 3 aromatic rings. The van der Waals surface area contributed by atoms with Crippen molar-refractivity contribution in [3.8, 4) is 0 Å². The van der Waals surface area contributed by atoms with Crippen LogP contribution in [-0.4, -0.2) is 32.7 Å². The van der Waals surface area contributed by atoms with Crippen LogP contribution in [0.15, 0.2) is 27.5 Å². The van der Waals surface area contributed by atoms with E-state index in [-0.39, 0.29) is 17.5 Å². The number of aryl methyl sites for hydroxylation is 1. The Kier molecular flexibility index (Phi) is 5.96. The molecule has 0 N–H and O–H groups in total. The van der Waals surface area contributed by atoms with Gasteiger partial charge in [-0.2, -0.15) is 0 Å². The number of aromatic nitrogens is 2. The lowest BCUT2D eigenvalue weighted by Crippen LogP contribution is -2.32. The molecule has 0 bridgehead atoms. The Morgan fingerprint density at radius 3 is 3.00 bits per heavy atom. The van der Waals surface area contributed by atoms with Crippen molar-refractivity contribution in [1.29, 1.82) is 0 Å². The van der Waals surface area contributed by atoms with Crippen molar-refractivity contribution in [3.63, 3.8) is 0 Å². The molecule has 4 heterocycles. The number of nitrogens with zero attached hydrogens (tertiary/aromatic N) is 3. The first-order chi connectivity index (χ1) is 15.1. The molecular formula is C23H27N3O2S3. The number of hydrogen-bond acceptors (Lipinski definition) is 6. The van der Waals surface area contributed by atoms with Crippen molar-refractivity contribution in [1.82, 2.24) is 14.5 Å². The summed E-state index contributed by atoms with van der Waals surface area (Å²) in [5.74, 6) is 1.12. The number of amides is 1. The van der Waals surface area contributed by atoms with Crippen molar-refractivity contribution >= 4 is 50.6 Å². The van der Waals surface area contributed by atoms with Gasteiger partial charge in [0.1, 0.15) is 4.83 Å². The van der Waals surface area contributed by atoms with Crippen molar-refractivity contribution in [2.45, 2.75) is 63.7 Å². The van der Waals surface area contributed by atoms with E-state index in [2.05, 4.69) is 24.4 Å². The number of carbonyl (C=O) groups excluding carboxylic acids is 1. The molecule has 0 saturated carbocycles. The zero-order chi connectivity index (χ0) is 21.5. The molecule has 164 valence electrons. The van der Waals surface area contributed by atoms with Crippen LogP contribution < -0.4 is 5.56 Å². The summed E-state index contributed by atoms with van der Waals surface area (Å²) in [6.45, 7) is 5.64. The molecule has 0 aromatic carbocycles. The molecule has 1 saturated heterocycles. The lowest BCUT2D eigenvalue weighted by Gasteiger charge is -2.24. The standard InChI is InChI=1S/C23H27N3O2S3/c1-3-25-22(28)20-15-9-8-14(2)12-18(15)31-21(20)24-23(25)30-13-19(27)26-10-4-6-16(26)17-7-5-11-29-17/h5,7,11,14,16H,3-4,6,8-10,12-13H2,1-2H3. The van der Waals surface area contributed by atoms with Gasteiger partial charge in [0.2, 0.25) is 5.91 Å². The first kappa shape index (κ1) is 21.2. The maximum Gasteiger partial charge on any atom is 0.263 e. The summed E-state index contributed by atoms with van der Waals surface area (Å²) in [7, 11) is 0. The first-order valence-electron chi connectivity index (χ1n) is 11.1. The average molecular weight is 474 g/mol. The second-order valence-corrected chi connectivity index (χ2v) is 11.5. The predicted octanol–water partition coefficient (Wildman–Crippen LogP) is 5.12. The number of thioether (sulfide) groups is 1. The van der Waals surface area contributed by atoms with Gasteiger partial charge in [0.05, 0.1) is 17.2 Å². The Morgan fingerprint density at radius 2 is 2.23 bits per heavy atom. The van der Waals surface area contributed by atoms with Crippen LogP contribution in [0.3, 0.4) is 0 Å². The van der Waals surface area contributed by atoms with Gasteiger partial charge in [0.15, 0.2) is 5.16 Å². The normalized spacial score (nSPS) is 21.0. The maximum atomic E-state index is 13.3. The highest BCUT2D eigenvalue weighted by Gasteiger charge is 2.31. The number of fused-ring (bicyclic) bond motifs is 3. The van der Waals surface area contributed by atoms with Gasteiger partial charge in [0, 0.05) is 22.8 Å². The summed E-state index contributed by atoms with van der Waals surface area (Å²) in [6.07, 6.45) is 5.22. The zero-order valence-corrected chi connectivity index (χ0v) is 20.4. The monoisotopic (exact) mass is 473 g/mol. The van der Waals surface area contributed by atoms with Crippen LogP contribution in [0.25, 0.3) is 10.2 Å². The molecule has 2 aliphatic rings. The van der Waals surface area contributed by atoms with Crippen LogP contribution in [0, 0.1) is 5.92 Å². The summed E-state index contributed by atoms with van der Waals surface area (Å²) < 4.78 is 1.76. The van der Waals surface area contributed by atoms with E-state index >= 15 is 0 Å². The van der Waals surface area contributed by atoms with Gasteiger partial charge in [-0.1, -0.05) is 24.8 Å². The Hall–Kier alpha value is -1.64. The van der Waals surface area contributed by atoms with E-state index in [1.807, 2.05) is 11.8 Å². The van der Waals surface area contributed by atoms with Crippen molar-refractivity contribution < 1.29 is 4.79 Å². The third-order valence-electron chi connectivity index (χ3n) is 6.47. The highest BCUT2D eigenvalue weighted by Crippen LogP contribution is 2.37. The van der Waals surface area contributed by atoms with E-state index in [0.717, 1.165) is 48.9 Å². The highest BCUT2D eigenvalue weighted by molar-refractivity contribution is 7.99. The average Bonchev–Trinajstić information content (AvgIpc) is 3.50. The Morgan fingerprint density at radius 1 is 1.35 bits per heavy atom. The van der Waals surface area contributed by atoms with Crippen LogP contribution >= 0.6 is 34.4 Å². The topological polar surface area (TPSA) is 55.2 Å². The summed E-state index contributed by atoms with van der Waals surface area (Å²) >= 11 is 4.81. The van der Waals surface area contributed by atoms with Gasteiger partial charge in [-0.3, -0.25) is 14.2 Å². The summed E-state index contributed by atoms with van der Waals surface area (Å²) in [5, 5.41) is 3.57. The molecule has 1 amide bonds. The SMILES string of the molecule is CCn1c(SCC(=O)N2CCCC2c2cccs2)nc2sc3c(c2c1=O)CCC(C)C3. The molecule has 5 rings (SSSR count). The number of thiophene rings is 2. The van der Waals surface area contributed by atoms with E-state index in [0.29, 0.717) is 23.4 Å². The molecular weight excluding hydrogens is 446 g/mol. The molecule has 3 aromatic heterocycles. The van der Waals surface area contributed by atoms with E-state index in [4.69, 9.17) is 4.98 Å². The molecule has 2 unspecified atom stereocenters. The van der Waals surface area contributed by atoms with E-state index < -0.39 is 0 Å². The summed E-state index contributed by atoms with van der Waals surface area (Å²) in [6, 6.07) is 4.37. The number of rotatable bonds is 5. The molecule has 0 spiro atoms. The fourth-order valence-electron chi connectivity index (χ4n) is 4.84. The molecule has 0 radical (unpaired) electrons. The van der Waals surface area contributed by atoms with Gasteiger partial charge >= 0.3 is 0 Å². The van der Waals surface area contributed by atoms with Gasteiger partial charge in [-0.05, 0) is 62.0 Å². The van der Waals surface area contributed by atoms with E-state index in [1.54, 1.807) is 27.2 Å². The van der Waals surface area contributed by atoms with E-state index in [9.17, 15) is 9.59 Å². The minimum atomic E-state index is 0.0622. The summed E-state index contributed by atoms with van der Waals surface area (Å²) in [5.41, 5.74) is 1.29. The van der Waals surface area contributed by atoms with Crippen LogP contribution in [0.5, 0.6) is 0 Å². The Bertz CT molecular complexity index is 1170. The van der Waals surface area contributed by atoms with Crippen LogP contribution in [0.2, 0.25) is 0 Å². The molecule has 5 nitrogen and oxygen atoms in total. The number of hydrogen-bond donors (Lipinski definition) is 0. The molecule has 1 fully saturated rings. The number of likely N-dealkylation sites (tertiary alicyclic amines) is 1. The first-order valence-corrected chi connectivity index (χ1v) is 13.8. The third-order valence-corrected chi connectivity index (χ3v) is 9.55. The van der Waals surface area contributed by atoms with Crippen molar-refractivity contribution in [3.05, 3.63) is 43.2 Å². The van der Waals surface area contributed by atoms with Crippen molar-refractivity contribution in [2.75, 3.05) is 12.3 Å². The fraction of sp³-hybridized carbons (Fsp3) is 0.522. The number of carbonyl (C=O) groups is 1. The molecule has 31 heavy (non-hydrogen) atoms. The quantitative estimate of drug-likeness (QED) is 0.381. The smallest absolute Gasteiger partial charge is 0.263 e. The Labute approximate surface area is 194 Å². The van der Waals surface area contributed by atoms with E-state index in [1.165, 1.54) is 27.1 Å². The van der Waals surface area contributed by atoms with Gasteiger partial charge in [-0.25, -0.2) is 4.98 Å². The lowest BCUT2D eigenvalue weighted by molar-refractivity contribution is -0.129. The van der Waals surface area contributed by atoms with Crippen LogP contribution in [0.1, 0.15) is 54.5 Å². The predicted molar refractivity (Wildman–Crippen MR) is 129 cm³/mol. The van der Waals surface area contributed by atoms with Gasteiger partial charge in [0.25, 0.3) is 5.56 Å². The maximum absolute atomic E-state index is 13.3. The fourth-order valence-corrected chi connectivity index (χ4v) is 8.09.